The fraction of sp³-hybridized carbons (Fsp3) is 0.350. The van der Waals surface area contributed by atoms with Gasteiger partial charge in [-0.05, 0) is 38.5 Å². The number of aromatic amines is 1. The van der Waals surface area contributed by atoms with Gasteiger partial charge in [-0.15, -0.1) is 11.3 Å². The van der Waals surface area contributed by atoms with Crippen LogP contribution in [0.5, 0.6) is 5.75 Å². The molecule has 0 fully saturated rings. The lowest BCUT2D eigenvalue weighted by Gasteiger charge is -2.15. The second kappa shape index (κ2) is 8.52. The molecule has 1 unspecified atom stereocenters. The molecule has 0 aliphatic heterocycles. The number of aryl methyl sites for hydroxylation is 3. The number of halogens is 1. The zero-order valence-corrected chi connectivity index (χ0v) is 16.8. The Kier molecular flexibility index (Phi) is 6.08. The van der Waals surface area contributed by atoms with E-state index in [-0.39, 0.29) is 36.3 Å². The van der Waals surface area contributed by atoms with Gasteiger partial charge in [0, 0.05) is 17.7 Å². The molecule has 0 saturated carbocycles. The first-order valence-corrected chi connectivity index (χ1v) is 9.82. The lowest BCUT2D eigenvalue weighted by molar-refractivity contribution is -0.121. The molecule has 1 aromatic carbocycles. The monoisotopic (exact) mass is 403 g/mol. The summed E-state index contributed by atoms with van der Waals surface area (Å²) in [5.74, 6) is 0.0146. The van der Waals surface area contributed by atoms with Crippen molar-refractivity contribution >= 4 is 27.5 Å². The zero-order chi connectivity index (χ0) is 20.3. The summed E-state index contributed by atoms with van der Waals surface area (Å²) in [7, 11) is 0. The molecule has 28 heavy (non-hydrogen) atoms. The first kappa shape index (κ1) is 20.0. The Morgan fingerprint density at radius 3 is 2.86 bits per heavy atom. The molecule has 1 atom stereocenters. The Balaban J connectivity index is 1.53. The first-order chi connectivity index (χ1) is 13.3. The highest BCUT2D eigenvalue weighted by atomic mass is 32.1. The molecular formula is C20H22FN3O3S. The standard InChI is InChI=1S/C20H22FN3O3S/c1-11(10-27-15-7-5-4-6-14(15)21)22-17(25)9-8-16-23-19(26)18-12(2)13(3)28-20(18)24-16/h4-7,11H,8-10H2,1-3H3,(H,22,25)(H,23,24,26). The molecule has 0 spiro atoms. The summed E-state index contributed by atoms with van der Waals surface area (Å²) in [6, 6.07) is 5.84. The highest BCUT2D eigenvalue weighted by Crippen LogP contribution is 2.25. The number of nitrogens with zero attached hydrogens (tertiary/aromatic N) is 1. The van der Waals surface area contributed by atoms with Gasteiger partial charge in [-0.3, -0.25) is 9.59 Å². The molecule has 2 N–H and O–H groups in total. The molecule has 6 nitrogen and oxygen atoms in total. The van der Waals surface area contributed by atoms with Crippen molar-refractivity contribution in [3.63, 3.8) is 0 Å². The Labute approximate surface area is 165 Å². The average molecular weight is 403 g/mol. The minimum atomic E-state index is -0.439. The van der Waals surface area contributed by atoms with Gasteiger partial charge in [0.2, 0.25) is 5.91 Å². The first-order valence-electron chi connectivity index (χ1n) is 9.00. The molecular weight excluding hydrogens is 381 g/mol. The Morgan fingerprint density at radius 2 is 2.11 bits per heavy atom. The Hall–Kier alpha value is -2.74. The maximum atomic E-state index is 13.5. The molecule has 3 rings (SSSR count). The number of rotatable bonds is 7. The molecule has 8 heteroatoms. The minimum absolute atomic E-state index is 0.153. The third-order valence-corrected chi connectivity index (χ3v) is 5.51. The summed E-state index contributed by atoms with van der Waals surface area (Å²) in [6.45, 7) is 5.80. The number of nitrogens with one attached hydrogen (secondary N) is 2. The fourth-order valence-corrected chi connectivity index (χ4v) is 3.86. The van der Waals surface area contributed by atoms with E-state index < -0.39 is 5.82 Å². The molecule has 2 heterocycles. The average Bonchev–Trinajstić information content (AvgIpc) is 2.93. The third kappa shape index (κ3) is 4.56. The van der Waals surface area contributed by atoms with Crippen molar-refractivity contribution < 1.29 is 13.9 Å². The van der Waals surface area contributed by atoms with Crippen molar-refractivity contribution in [2.75, 3.05) is 6.61 Å². The van der Waals surface area contributed by atoms with Crippen LogP contribution in [0.3, 0.4) is 0 Å². The van der Waals surface area contributed by atoms with Crippen molar-refractivity contribution in [1.29, 1.82) is 0 Å². The van der Waals surface area contributed by atoms with Crippen molar-refractivity contribution in [1.82, 2.24) is 15.3 Å². The molecule has 3 aromatic rings. The Bertz CT molecular complexity index is 1060. The number of benzene rings is 1. The van der Waals surface area contributed by atoms with Crippen LogP contribution in [0.2, 0.25) is 0 Å². The molecule has 0 aliphatic rings. The molecule has 0 bridgehead atoms. The number of carbonyl (C=O) groups excluding carboxylic acids is 1. The number of aromatic nitrogens is 2. The summed E-state index contributed by atoms with van der Waals surface area (Å²) < 4.78 is 18.9. The van der Waals surface area contributed by atoms with Gasteiger partial charge < -0.3 is 15.0 Å². The van der Waals surface area contributed by atoms with Crippen LogP contribution in [0.15, 0.2) is 29.1 Å². The molecule has 0 saturated heterocycles. The number of thiophene rings is 1. The second-order valence-corrected chi connectivity index (χ2v) is 7.89. The minimum Gasteiger partial charge on any atom is -0.488 e. The summed E-state index contributed by atoms with van der Waals surface area (Å²) >= 11 is 1.48. The van der Waals surface area contributed by atoms with E-state index in [4.69, 9.17) is 4.74 Å². The lowest BCUT2D eigenvalue weighted by Crippen LogP contribution is -2.37. The summed E-state index contributed by atoms with van der Waals surface area (Å²) in [6.07, 6.45) is 0.510. The van der Waals surface area contributed by atoms with E-state index in [1.54, 1.807) is 19.1 Å². The van der Waals surface area contributed by atoms with E-state index in [0.29, 0.717) is 22.5 Å². The van der Waals surface area contributed by atoms with Crippen molar-refractivity contribution in [3.8, 4) is 5.75 Å². The van der Waals surface area contributed by atoms with Crippen LogP contribution >= 0.6 is 11.3 Å². The normalized spacial score (nSPS) is 12.1. The van der Waals surface area contributed by atoms with Crippen LogP contribution in [-0.2, 0) is 11.2 Å². The second-order valence-electron chi connectivity index (χ2n) is 6.69. The van der Waals surface area contributed by atoms with Crippen LogP contribution in [0.25, 0.3) is 10.2 Å². The van der Waals surface area contributed by atoms with Gasteiger partial charge >= 0.3 is 0 Å². The molecule has 148 valence electrons. The van der Waals surface area contributed by atoms with E-state index in [9.17, 15) is 14.0 Å². The van der Waals surface area contributed by atoms with Crippen LogP contribution in [0, 0.1) is 19.7 Å². The summed E-state index contributed by atoms with van der Waals surface area (Å²) in [4.78, 5) is 33.4. The zero-order valence-electron chi connectivity index (χ0n) is 16.0. The number of fused-ring (bicyclic) bond motifs is 1. The number of hydrogen-bond donors (Lipinski definition) is 2. The number of amides is 1. The molecule has 0 radical (unpaired) electrons. The predicted octanol–water partition coefficient (Wildman–Crippen LogP) is 3.26. The van der Waals surface area contributed by atoms with Gasteiger partial charge in [0.25, 0.3) is 5.56 Å². The topological polar surface area (TPSA) is 84.1 Å². The maximum Gasteiger partial charge on any atom is 0.259 e. The smallest absolute Gasteiger partial charge is 0.259 e. The number of hydrogen-bond acceptors (Lipinski definition) is 5. The van der Waals surface area contributed by atoms with Gasteiger partial charge in [0.05, 0.1) is 11.4 Å². The summed E-state index contributed by atoms with van der Waals surface area (Å²) in [5, 5.41) is 3.42. The van der Waals surface area contributed by atoms with Gasteiger partial charge in [0.15, 0.2) is 11.6 Å². The largest absolute Gasteiger partial charge is 0.488 e. The third-order valence-electron chi connectivity index (χ3n) is 4.41. The van der Waals surface area contributed by atoms with Gasteiger partial charge in [0.1, 0.15) is 17.3 Å². The summed E-state index contributed by atoms with van der Waals surface area (Å²) in [5.41, 5.74) is 0.774. The highest BCUT2D eigenvalue weighted by Gasteiger charge is 2.14. The Morgan fingerprint density at radius 1 is 1.36 bits per heavy atom. The van der Waals surface area contributed by atoms with Crippen LogP contribution < -0.4 is 15.6 Å². The van der Waals surface area contributed by atoms with Gasteiger partial charge in [-0.25, -0.2) is 9.37 Å². The molecule has 2 aromatic heterocycles. The highest BCUT2D eigenvalue weighted by molar-refractivity contribution is 7.18. The molecule has 0 aliphatic carbocycles. The molecule has 1 amide bonds. The maximum absolute atomic E-state index is 13.5. The number of carbonyl (C=O) groups is 1. The van der Waals surface area contributed by atoms with E-state index in [1.165, 1.54) is 23.5 Å². The van der Waals surface area contributed by atoms with Crippen LogP contribution in [-0.4, -0.2) is 28.5 Å². The van der Waals surface area contributed by atoms with E-state index in [2.05, 4.69) is 15.3 Å². The van der Waals surface area contributed by atoms with Crippen LogP contribution in [0.4, 0.5) is 4.39 Å². The van der Waals surface area contributed by atoms with E-state index in [1.807, 2.05) is 13.8 Å². The van der Waals surface area contributed by atoms with Crippen molar-refractivity contribution in [2.24, 2.45) is 0 Å². The van der Waals surface area contributed by atoms with E-state index >= 15 is 0 Å². The van der Waals surface area contributed by atoms with Crippen molar-refractivity contribution in [2.45, 2.75) is 39.7 Å². The van der Waals surface area contributed by atoms with E-state index in [0.717, 1.165) is 10.4 Å². The van der Waals surface area contributed by atoms with Crippen LogP contribution in [0.1, 0.15) is 29.6 Å². The van der Waals surface area contributed by atoms with Gasteiger partial charge in [-0.2, -0.15) is 0 Å². The number of para-hydroxylation sites is 1. The fourth-order valence-electron chi connectivity index (χ4n) is 2.81. The lowest BCUT2D eigenvalue weighted by atomic mass is 10.2. The van der Waals surface area contributed by atoms with Crippen molar-refractivity contribution in [3.05, 3.63) is 56.7 Å². The number of H-pyrrole nitrogens is 1. The SMILES string of the molecule is Cc1sc2nc(CCC(=O)NC(C)COc3ccccc3F)[nH]c(=O)c2c1C. The predicted molar refractivity (Wildman–Crippen MR) is 108 cm³/mol. The quantitative estimate of drug-likeness (QED) is 0.634. The number of ether oxygens (including phenoxy) is 1. The van der Waals surface area contributed by atoms with Gasteiger partial charge in [-0.1, -0.05) is 12.1 Å².